The van der Waals surface area contributed by atoms with Gasteiger partial charge in [0.25, 0.3) is 5.69 Å². The molecule has 0 saturated heterocycles. The molecule has 3 rings (SSSR count). The van der Waals surface area contributed by atoms with Gasteiger partial charge >= 0.3 is 0 Å². The van der Waals surface area contributed by atoms with Crippen molar-refractivity contribution in [3.63, 3.8) is 0 Å². The van der Waals surface area contributed by atoms with Gasteiger partial charge in [0.1, 0.15) is 5.82 Å². The standard InChI is InChI=1S/C22H19FN2O3/c1-15-4-2-6-19(12-15)24-21(17-5-3-7-20(13-17)25(27)28)14-22(26)16-8-10-18(23)11-9-16/h2-13,21,24H,14H2,1H3. The van der Waals surface area contributed by atoms with Crippen molar-refractivity contribution in [2.24, 2.45) is 0 Å². The van der Waals surface area contributed by atoms with E-state index in [4.69, 9.17) is 0 Å². The molecule has 0 spiro atoms. The Balaban J connectivity index is 1.91. The number of nitrogens with one attached hydrogen (secondary N) is 1. The maximum Gasteiger partial charge on any atom is 0.269 e. The number of nitro benzene ring substituents is 1. The molecule has 0 radical (unpaired) electrons. The second-order valence-electron chi connectivity index (χ2n) is 6.55. The molecule has 1 unspecified atom stereocenters. The van der Waals surface area contributed by atoms with E-state index < -0.39 is 16.8 Å². The number of rotatable bonds is 7. The van der Waals surface area contributed by atoms with Gasteiger partial charge in [0, 0.05) is 29.8 Å². The largest absolute Gasteiger partial charge is 0.378 e. The highest BCUT2D eigenvalue weighted by Gasteiger charge is 2.19. The molecule has 0 bridgehead atoms. The number of hydrogen-bond donors (Lipinski definition) is 1. The number of hydrogen-bond acceptors (Lipinski definition) is 4. The number of nitro groups is 1. The minimum Gasteiger partial charge on any atom is -0.378 e. The number of halogens is 1. The van der Waals surface area contributed by atoms with E-state index in [-0.39, 0.29) is 17.9 Å². The van der Waals surface area contributed by atoms with E-state index >= 15 is 0 Å². The minimum atomic E-state index is -0.473. The zero-order valence-electron chi connectivity index (χ0n) is 15.3. The topological polar surface area (TPSA) is 72.2 Å². The first-order valence-electron chi connectivity index (χ1n) is 8.79. The molecule has 0 amide bonds. The molecule has 0 aliphatic carbocycles. The number of anilines is 1. The van der Waals surface area contributed by atoms with Gasteiger partial charge in [0.15, 0.2) is 5.78 Å². The van der Waals surface area contributed by atoms with Crippen LogP contribution in [0.1, 0.15) is 33.9 Å². The van der Waals surface area contributed by atoms with Crippen molar-refractivity contribution in [1.29, 1.82) is 0 Å². The monoisotopic (exact) mass is 378 g/mol. The Kier molecular flexibility index (Phi) is 5.79. The average molecular weight is 378 g/mol. The third kappa shape index (κ3) is 4.79. The number of Topliss-reactive ketones (excluding diaryl/α,β-unsaturated/α-hetero) is 1. The van der Waals surface area contributed by atoms with E-state index in [2.05, 4.69) is 5.32 Å². The van der Waals surface area contributed by atoms with Crippen LogP contribution in [-0.2, 0) is 0 Å². The average Bonchev–Trinajstić information content (AvgIpc) is 2.68. The lowest BCUT2D eigenvalue weighted by molar-refractivity contribution is -0.384. The Morgan fingerprint density at radius 2 is 1.79 bits per heavy atom. The molecule has 0 saturated carbocycles. The third-order valence-corrected chi connectivity index (χ3v) is 4.40. The Morgan fingerprint density at radius 3 is 2.46 bits per heavy atom. The zero-order valence-corrected chi connectivity index (χ0v) is 15.3. The molecule has 3 aromatic rings. The van der Waals surface area contributed by atoms with Gasteiger partial charge in [-0.2, -0.15) is 0 Å². The van der Waals surface area contributed by atoms with E-state index in [9.17, 15) is 19.3 Å². The molecular weight excluding hydrogens is 359 g/mol. The second kappa shape index (κ2) is 8.43. The Morgan fingerprint density at radius 1 is 1.07 bits per heavy atom. The summed E-state index contributed by atoms with van der Waals surface area (Å²) in [5.74, 6) is -0.596. The maximum absolute atomic E-state index is 13.1. The summed E-state index contributed by atoms with van der Waals surface area (Å²) in [7, 11) is 0. The molecule has 1 N–H and O–H groups in total. The van der Waals surface area contributed by atoms with Crippen LogP contribution in [0.15, 0.2) is 72.8 Å². The van der Waals surface area contributed by atoms with Gasteiger partial charge in [-0.15, -0.1) is 0 Å². The normalized spacial score (nSPS) is 11.6. The van der Waals surface area contributed by atoms with E-state index in [0.717, 1.165) is 11.3 Å². The highest BCUT2D eigenvalue weighted by Crippen LogP contribution is 2.27. The van der Waals surface area contributed by atoms with Crippen molar-refractivity contribution < 1.29 is 14.1 Å². The lowest BCUT2D eigenvalue weighted by Crippen LogP contribution is -2.16. The lowest BCUT2D eigenvalue weighted by atomic mass is 9.97. The van der Waals surface area contributed by atoms with Crippen LogP contribution in [0.25, 0.3) is 0 Å². The number of ketones is 1. The molecule has 6 heteroatoms. The van der Waals surface area contributed by atoms with Crippen LogP contribution >= 0.6 is 0 Å². The summed E-state index contributed by atoms with van der Waals surface area (Å²) in [5.41, 5.74) is 2.84. The van der Waals surface area contributed by atoms with E-state index in [1.54, 1.807) is 12.1 Å². The molecule has 0 heterocycles. The van der Waals surface area contributed by atoms with Crippen LogP contribution in [0.3, 0.4) is 0 Å². The fraction of sp³-hybridized carbons (Fsp3) is 0.136. The molecule has 5 nitrogen and oxygen atoms in total. The lowest BCUT2D eigenvalue weighted by Gasteiger charge is -2.20. The number of carbonyl (C=O) groups excluding carboxylic acids is 1. The number of nitrogens with zero attached hydrogens (tertiary/aromatic N) is 1. The third-order valence-electron chi connectivity index (χ3n) is 4.40. The number of carbonyl (C=O) groups is 1. The maximum atomic E-state index is 13.1. The predicted octanol–water partition coefficient (Wildman–Crippen LogP) is 5.47. The summed E-state index contributed by atoms with van der Waals surface area (Å²) in [6.45, 7) is 1.96. The minimum absolute atomic E-state index is 0.0391. The van der Waals surface area contributed by atoms with Gasteiger partial charge in [-0.3, -0.25) is 14.9 Å². The van der Waals surface area contributed by atoms with Crippen LogP contribution in [0.4, 0.5) is 15.8 Å². The van der Waals surface area contributed by atoms with E-state index in [1.807, 2.05) is 31.2 Å². The fourth-order valence-corrected chi connectivity index (χ4v) is 2.98. The first-order chi connectivity index (χ1) is 13.4. The SMILES string of the molecule is Cc1cccc(NC(CC(=O)c2ccc(F)cc2)c2cccc([N+](=O)[O-])c2)c1. The summed E-state index contributed by atoms with van der Waals surface area (Å²) < 4.78 is 13.1. The van der Waals surface area contributed by atoms with Crippen LogP contribution < -0.4 is 5.32 Å². The van der Waals surface area contributed by atoms with Gasteiger partial charge in [-0.1, -0.05) is 24.3 Å². The Hall–Kier alpha value is -3.54. The molecule has 0 aromatic heterocycles. The zero-order chi connectivity index (χ0) is 20.1. The molecule has 142 valence electrons. The Bertz CT molecular complexity index is 1000. The number of aryl methyl sites for hydroxylation is 1. The van der Waals surface area contributed by atoms with Crippen LogP contribution in [-0.4, -0.2) is 10.7 Å². The van der Waals surface area contributed by atoms with E-state index in [1.165, 1.54) is 36.4 Å². The van der Waals surface area contributed by atoms with Crippen LogP contribution in [0.2, 0.25) is 0 Å². The summed E-state index contributed by atoms with van der Waals surface area (Å²) >= 11 is 0. The summed E-state index contributed by atoms with van der Waals surface area (Å²) in [5, 5.41) is 14.4. The van der Waals surface area contributed by atoms with Crippen molar-refractivity contribution in [3.05, 3.63) is 105 Å². The van der Waals surface area contributed by atoms with Crippen molar-refractivity contribution >= 4 is 17.2 Å². The number of non-ortho nitro benzene ring substituents is 1. The van der Waals surface area contributed by atoms with E-state index in [0.29, 0.717) is 11.1 Å². The molecule has 0 aliphatic heterocycles. The Labute approximate surface area is 162 Å². The predicted molar refractivity (Wildman–Crippen MR) is 106 cm³/mol. The number of benzene rings is 3. The van der Waals surface area contributed by atoms with Gasteiger partial charge in [0.05, 0.1) is 11.0 Å². The molecule has 0 fully saturated rings. The molecule has 28 heavy (non-hydrogen) atoms. The van der Waals surface area contributed by atoms with Crippen molar-refractivity contribution in [2.75, 3.05) is 5.32 Å². The fourth-order valence-electron chi connectivity index (χ4n) is 2.98. The van der Waals surface area contributed by atoms with Gasteiger partial charge in [-0.05, 0) is 54.4 Å². The van der Waals surface area contributed by atoms with Crippen molar-refractivity contribution in [1.82, 2.24) is 0 Å². The smallest absolute Gasteiger partial charge is 0.269 e. The van der Waals surface area contributed by atoms with Gasteiger partial charge < -0.3 is 5.32 Å². The molecule has 3 aromatic carbocycles. The van der Waals surface area contributed by atoms with Gasteiger partial charge in [0.2, 0.25) is 0 Å². The summed E-state index contributed by atoms with van der Waals surface area (Å²) in [6.07, 6.45) is 0.0702. The van der Waals surface area contributed by atoms with Crippen LogP contribution in [0, 0.1) is 22.9 Å². The first-order valence-corrected chi connectivity index (χ1v) is 8.79. The second-order valence-corrected chi connectivity index (χ2v) is 6.55. The molecule has 1 atom stereocenters. The van der Waals surface area contributed by atoms with Crippen LogP contribution in [0.5, 0.6) is 0 Å². The highest BCUT2D eigenvalue weighted by molar-refractivity contribution is 5.96. The highest BCUT2D eigenvalue weighted by atomic mass is 19.1. The first kappa shape index (κ1) is 19.2. The molecular formula is C22H19FN2O3. The summed E-state index contributed by atoms with van der Waals surface area (Å²) in [4.78, 5) is 23.4. The molecule has 0 aliphatic rings. The van der Waals surface area contributed by atoms with Crippen molar-refractivity contribution in [2.45, 2.75) is 19.4 Å². The van der Waals surface area contributed by atoms with Gasteiger partial charge in [-0.25, -0.2) is 4.39 Å². The van der Waals surface area contributed by atoms with Crippen molar-refractivity contribution in [3.8, 4) is 0 Å². The quantitative estimate of drug-likeness (QED) is 0.336. The summed E-state index contributed by atoms with van der Waals surface area (Å²) in [6, 6.07) is 18.8.